The van der Waals surface area contributed by atoms with Crippen molar-refractivity contribution in [1.29, 1.82) is 0 Å². The Kier molecular flexibility index (Phi) is 8.67. The van der Waals surface area contributed by atoms with E-state index in [1.54, 1.807) is 31.2 Å². The average Bonchev–Trinajstić information content (AvgIpc) is 2.73. The monoisotopic (exact) mass is 420 g/mol. The smallest absolute Gasteiger partial charge is 0.242 e. The lowest BCUT2D eigenvalue weighted by Crippen LogP contribution is -2.48. The van der Waals surface area contributed by atoms with Crippen LogP contribution in [0.1, 0.15) is 18.9 Å². The largest absolute Gasteiger partial charge is 0.497 e. The molecular weight excluding hydrogens is 396 g/mol. The van der Waals surface area contributed by atoms with Crippen LogP contribution >= 0.6 is 23.4 Å². The van der Waals surface area contributed by atoms with E-state index in [1.165, 1.54) is 11.8 Å². The number of hydrogen-bond donors (Lipinski definition) is 1. The summed E-state index contributed by atoms with van der Waals surface area (Å²) < 4.78 is 5.18. The summed E-state index contributed by atoms with van der Waals surface area (Å²) in [5.41, 5.74) is 0.938. The molecule has 0 radical (unpaired) electrons. The van der Waals surface area contributed by atoms with Crippen molar-refractivity contribution in [3.05, 3.63) is 59.1 Å². The van der Waals surface area contributed by atoms with Gasteiger partial charge in [0.05, 0.1) is 12.9 Å². The quantitative estimate of drug-likeness (QED) is 0.623. The molecule has 5 nitrogen and oxygen atoms in total. The maximum atomic E-state index is 13.0. The van der Waals surface area contributed by atoms with Gasteiger partial charge in [-0.2, -0.15) is 0 Å². The second-order valence-electron chi connectivity index (χ2n) is 6.15. The molecule has 0 aliphatic rings. The molecule has 0 aliphatic heterocycles. The molecule has 0 aromatic heterocycles. The van der Waals surface area contributed by atoms with Crippen molar-refractivity contribution >= 4 is 35.2 Å². The molecule has 0 heterocycles. The maximum Gasteiger partial charge on any atom is 0.242 e. The third-order valence-electron chi connectivity index (χ3n) is 4.32. The fourth-order valence-electron chi connectivity index (χ4n) is 2.77. The van der Waals surface area contributed by atoms with Gasteiger partial charge in [-0.3, -0.25) is 9.59 Å². The number of nitrogens with one attached hydrogen (secondary N) is 1. The molecule has 0 spiro atoms. The summed E-state index contributed by atoms with van der Waals surface area (Å²) in [5, 5.41) is 3.32. The van der Waals surface area contributed by atoms with Crippen molar-refractivity contribution in [1.82, 2.24) is 10.2 Å². The molecule has 7 heteroatoms. The molecule has 28 heavy (non-hydrogen) atoms. The number of thioether (sulfide) groups is 1. The molecule has 1 atom stereocenters. The predicted octanol–water partition coefficient (Wildman–Crippen LogP) is 3.99. The zero-order chi connectivity index (χ0) is 20.5. The molecule has 0 saturated carbocycles. The summed E-state index contributed by atoms with van der Waals surface area (Å²) in [7, 11) is 3.20. The minimum absolute atomic E-state index is 0.0915. The number of carbonyl (C=O) groups is 2. The number of carbonyl (C=O) groups excluding carboxylic acids is 2. The van der Waals surface area contributed by atoms with Crippen LogP contribution < -0.4 is 10.1 Å². The van der Waals surface area contributed by atoms with Crippen LogP contribution in [-0.4, -0.2) is 42.7 Å². The number of methoxy groups -OCH3 is 1. The van der Waals surface area contributed by atoms with Crippen LogP contribution in [0.2, 0.25) is 5.02 Å². The van der Waals surface area contributed by atoms with Crippen LogP contribution in [0.4, 0.5) is 0 Å². The van der Waals surface area contributed by atoms with E-state index in [2.05, 4.69) is 5.32 Å². The first-order valence-electron chi connectivity index (χ1n) is 9.00. The molecule has 2 rings (SSSR count). The summed E-state index contributed by atoms with van der Waals surface area (Å²) in [4.78, 5) is 27.9. The number of amides is 2. The van der Waals surface area contributed by atoms with Gasteiger partial charge in [0.15, 0.2) is 0 Å². The van der Waals surface area contributed by atoms with Gasteiger partial charge < -0.3 is 15.0 Å². The van der Waals surface area contributed by atoms with Crippen LogP contribution in [-0.2, 0) is 16.1 Å². The zero-order valence-electron chi connectivity index (χ0n) is 16.3. The van der Waals surface area contributed by atoms with Crippen molar-refractivity contribution in [3.63, 3.8) is 0 Å². The van der Waals surface area contributed by atoms with E-state index in [4.69, 9.17) is 16.3 Å². The van der Waals surface area contributed by atoms with Crippen LogP contribution in [0.25, 0.3) is 0 Å². The minimum atomic E-state index is -0.523. The van der Waals surface area contributed by atoms with Crippen molar-refractivity contribution in [2.45, 2.75) is 30.8 Å². The number of likely N-dealkylation sites (N-methyl/N-ethyl adjacent to an activating group) is 1. The summed E-state index contributed by atoms with van der Waals surface area (Å²) in [6, 6.07) is 14.3. The molecule has 0 aliphatic carbocycles. The molecule has 0 bridgehead atoms. The standard InChI is InChI=1S/C21H25ClN2O3S/c1-4-19(21(26)23-2)24(13-15-5-9-17(27-3)10-6-15)20(25)14-28-18-11-7-16(22)8-12-18/h5-12,19H,4,13-14H2,1-3H3,(H,23,26). The van der Waals surface area contributed by atoms with Gasteiger partial charge in [0.25, 0.3) is 0 Å². The third kappa shape index (κ3) is 6.17. The highest BCUT2D eigenvalue weighted by molar-refractivity contribution is 8.00. The van der Waals surface area contributed by atoms with Crippen LogP contribution in [0.15, 0.2) is 53.4 Å². The van der Waals surface area contributed by atoms with Gasteiger partial charge in [-0.05, 0) is 48.4 Å². The van der Waals surface area contributed by atoms with Crippen molar-refractivity contribution in [2.75, 3.05) is 19.9 Å². The van der Waals surface area contributed by atoms with Gasteiger partial charge in [-0.1, -0.05) is 30.7 Å². The van der Waals surface area contributed by atoms with E-state index in [0.717, 1.165) is 16.2 Å². The Balaban J connectivity index is 2.16. The van der Waals surface area contributed by atoms with Crippen LogP contribution in [0.3, 0.4) is 0 Å². The summed E-state index contributed by atoms with van der Waals surface area (Å²) >= 11 is 7.34. The summed E-state index contributed by atoms with van der Waals surface area (Å²) in [6.45, 7) is 2.26. The molecule has 2 aromatic carbocycles. The lowest BCUT2D eigenvalue weighted by Gasteiger charge is -2.30. The van der Waals surface area contributed by atoms with E-state index in [0.29, 0.717) is 18.0 Å². The average molecular weight is 421 g/mol. The summed E-state index contributed by atoms with van der Waals surface area (Å²) in [5.74, 6) is 0.732. The third-order valence-corrected chi connectivity index (χ3v) is 5.57. The van der Waals surface area contributed by atoms with E-state index in [-0.39, 0.29) is 17.6 Å². The molecule has 2 aromatic rings. The normalized spacial score (nSPS) is 11.6. The van der Waals surface area contributed by atoms with Gasteiger partial charge in [-0.25, -0.2) is 0 Å². The fraction of sp³-hybridized carbons (Fsp3) is 0.333. The number of hydrogen-bond acceptors (Lipinski definition) is 4. The Morgan fingerprint density at radius 1 is 1.14 bits per heavy atom. The molecule has 2 amide bonds. The fourth-order valence-corrected chi connectivity index (χ4v) is 3.68. The minimum Gasteiger partial charge on any atom is -0.497 e. The van der Waals surface area contributed by atoms with Crippen LogP contribution in [0, 0.1) is 0 Å². The van der Waals surface area contributed by atoms with Crippen LogP contribution in [0.5, 0.6) is 5.75 Å². The number of benzene rings is 2. The van der Waals surface area contributed by atoms with E-state index in [9.17, 15) is 9.59 Å². The lowest BCUT2D eigenvalue weighted by molar-refractivity contribution is -0.139. The molecule has 1 N–H and O–H groups in total. The Bertz CT molecular complexity index is 781. The molecule has 0 saturated heterocycles. The first-order chi connectivity index (χ1) is 13.5. The second-order valence-corrected chi connectivity index (χ2v) is 7.64. The van der Waals surface area contributed by atoms with Gasteiger partial charge >= 0.3 is 0 Å². The Labute approximate surface area is 175 Å². The Morgan fingerprint density at radius 2 is 1.79 bits per heavy atom. The number of rotatable bonds is 9. The Morgan fingerprint density at radius 3 is 2.32 bits per heavy atom. The highest BCUT2D eigenvalue weighted by atomic mass is 35.5. The van der Waals surface area contributed by atoms with Gasteiger partial charge in [-0.15, -0.1) is 11.8 Å². The SMILES string of the molecule is CCC(C(=O)NC)N(Cc1ccc(OC)cc1)C(=O)CSc1ccc(Cl)cc1. The topological polar surface area (TPSA) is 58.6 Å². The molecule has 1 unspecified atom stereocenters. The maximum absolute atomic E-state index is 13.0. The number of nitrogens with zero attached hydrogens (tertiary/aromatic N) is 1. The summed E-state index contributed by atoms with van der Waals surface area (Å²) in [6.07, 6.45) is 0.535. The number of ether oxygens (including phenoxy) is 1. The van der Waals surface area contributed by atoms with E-state index >= 15 is 0 Å². The zero-order valence-corrected chi connectivity index (χ0v) is 17.8. The molecular formula is C21H25ClN2O3S. The predicted molar refractivity (Wildman–Crippen MR) is 114 cm³/mol. The van der Waals surface area contributed by atoms with Gasteiger partial charge in [0, 0.05) is 23.5 Å². The first kappa shape index (κ1) is 22.1. The van der Waals surface area contributed by atoms with E-state index < -0.39 is 6.04 Å². The van der Waals surface area contributed by atoms with Gasteiger partial charge in [0.1, 0.15) is 11.8 Å². The Hall–Kier alpha value is -2.18. The van der Waals surface area contributed by atoms with Crippen molar-refractivity contribution in [2.24, 2.45) is 0 Å². The number of halogens is 1. The lowest BCUT2D eigenvalue weighted by atomic mass is 10.1. The van der Waals surface area contributed by atoms with Gasteiger partial charge in [0.2, 0.25) is 11.8 Å². The van der Waals surface area contributed by atoms with Crippen molar-refractivity contribution < 1.29 is 14.3 Å². The van der Waals surface area contributed by atoms with Crippen molar-refractivity contribution in [3.8, 4) is 5.75 Å². The highest BCUT2D eigenvalue weighted by Crippen LogP contribution is 2.22. The molecule has 150 valence electrons. The first-order valence-corrected chi connectivity index (χ1v) is 10.4. The highest BCUT2D eigenvalue weighted by Gasteiger charge is 2.27. The molecule has 0 fully saturated rings. The second kappa shape index (κ2) is 11.0. The van der Waals surface area contributed by atoms with E-state index in [1.807, 2.05) is 43.3 Å².